The predicted molar refractivity (Wildman–Crippen MR) is 91.4 cm³/mol. The van der Waals surface area contributed by atoms with Crippen LogP contribution < -0.4 is 4.90 Å². The lowest BCUT2D eigenvalue weighted by atomic mass is 9.96. The first-order chi connectivity index (χ1) is 12.3. The predicted octanol–water partition coefficient (Wildman–Crippen LogP) is 1.38. The number of piperazine rings is 1. The fourth-order valence-electron chi connectivity index (χ4n) is 3.49. The van der Waals surface area contributed by atoms with E-state index in [1.165, 1.54) is 0 Å². The normalized spacial score (nSPS) is 20.1. The molecule has 8 nitrogen and oxygen atoms in total. The van der Waals surface area contributed by atoms with Gasteiger partial charge in [0.25, 0.3) is 0 Å². The van der Waals surface area contributed by atoms with Crippen molar-refractivity contribution in [3.8, 4) is 0 Å². The average Bonchev–Trinajstić information content (AvgIpc) is 3.08. The Morgan fingerprint density at radius 2 is 1.92 bits per heavy atom. The van der Waals surface area contributed by atoms with Crippen LogP contribution in [-0.4, -0.2) is 64.4 Å². The van der Waals surface area contributed by atoms with Crippen molar-refractivity contribution in [3.63, 3.8) is 0 Å². The van der Waals surface area contributed by atoms with Crippen molar-refractivity contribution < 1.29 is 9.26 Å². The SMILES string of the molecule is Cc1nc(CN2CCN(c3cc(C4CCOCC4)ncn3)CC2)no1. The minimum Gasteiger partial charge on any atom is -0.381 e. The van der Waals surface area contributed by atoms with E-state index in [1.807, 2.05) is 6.92 Å². The zero-order valence-corrected chi connectivity index (χ0v) is 14.6. The van der Waals surface area contributed by atoms with E-state index in [-0.39, 0.29) is 0 Å². The molecule has 2 fully saturated rings. The molecule has 0 aromatic carbocycles. The van der Waals surface area contributed by atoms with Gasteiger partial charge in [-0.3, -0.25) is 4.90 Å². The highest BCUT2D eigenvalue weighted by Crippen LogP contribution is 2.27. The maximum Gasteiger partial charge on any atom is 0.223 e. The number of aromatic nitrogens is 4. The van der Waals surface area contributed by atoms with E-state index in [1.54, 1.807) is 6.33 Å². The van der Waals surface area contributed by atoms with Gasteiger partial charge in [0, 0.05) is 64.0 Å². The van der Waals surface area contributed by atoms with Crippen molar-refractivity contribution in [1.29, 1.82) is 0 Å². The van der Waals surface area contributed by atoms with E-state index in [2.05, 4.69) is 36.0 Å². The number of hydrogen-bond acceptors (Lipinski definition) is 8. The number of aryl methyl sites for hydroxylation is 1. The number of rotatable bonds is 4. The van der Waals surface area contributed by atoms with Crippen LogP contribution in [0.15, 0.2) is 16.9 Å². The molecule has 0 unspecified atom stereocenters. The summed E-state index contributed by atoms with van der Waals surface area (Å²) in [4.78, 5) is 18.0. The molecule has 8 heteroatoms. The fourth-order valence-corrected chi connectivity index (χ4v) is 3.49. The zero-order chi connectivity index (χ0) is 17.1. The molecule has 0 spiro atoms. The van der Waals surface area contributed by atoms with Crippen LogP contribution >= 0.6 is 0 Å². The second-order valence-corrected chi connectivity index (χ2v) is 6.68. The molecule has 2 aromatic rings. The van der Waals surface area contributed by atoms with Crippen LogP contribution in [0.25, 0.3) is 0 Å². The molecule has 0 amide bonds. The van der Waals surface area contributed by atoms with E-state index in [9.17, 15) is 0 Å². The number of anilines is 1. The maximum atomic E-state index is 5.45. The number of nitrogens with zero attached hydrogens (tertiary/aromatic N) is 6. The number of hydrogen-bond donors (Lipinski definition) is 0. The van der Waals surface area contributed by atoms with Gasteiger partial charge in [0.2, 0.25) is 5.89 Å². The third kappa shape index (κ3) is 3.96. The second kappa shape index (κ2) is 7.45. The molecular weight excluding hydrogens is 320 g/mol. The first-order valence-electron chi connectivity index (χ1n) is 8.94. The molecule has 0 aliphatic carbocycles. The van der Waals surface area contributed by atoms with Crippen molar-refractivity contribution in [3.05, 3.63) is 29.8 Å². The van der Waals surface area contributed by atoms with Gasteiger partial charge in [-0.1, -0.05) is 5.16 Å². The van der Waals surface area contributed by atoms with Crippen LogP contribution in [-0.2, 0) is 11.3 Å². The van der Waals surface area contributed by atoms with Crippen LogP contribution in [0.1, 0.15) is 36.2 Å². The van der Waals surface area contributed by atoms with Crippen LogP contribution in [0, 0.1) is 6.92 Å². The summed E-state index contributed by atoms with van der Waals surface area (Å²) in [6.45, 7) is 8.04. The van der Waals surface area contributed by atoms with Gasteiger partial charge in [-0.05, 0) is 12.8 Å². The Labute approximate surface area is 147 Å². The van der Waals surface area contributed by atoms with Gasteiger partial charge in [0.1, 0.15) is 12.1 Å². The lowest BCUT2D eigenvalue weighted by Gasteiger charge is -2.35. The maximum absolute atomic E-state index is 5.45. The molecule has 4 heterocycles. The highest BCUT2D eigenvalue weighted by molar-refractivity contribution is 5.40. The monoisotopic (exact) mass is 344 g/mol. The highest BCUT2D eigenvalue weighted by Gasteiger charge is 2.22. The van der Waals surface area contributed by atoms with Crippen LogP contribution in [0.4, 0.5) is 5.82 Å². The molecule has 25 heavy (non-hydrogen) atoms. The van der Waals surface area contributed by atoms with Gasteiger partial charge in [-0.15, -0.1) is 0 Å². The van der Waals surface area contributed by atoms with Crippen molar-refractivity contribution in [1.82, 2.24) is 25.0 Å². The lowest BCUT2D eigenvalue weighted by molar-refractivity contribution is 0.0845. The van der Waals surface area contributed by atoms with Crippen molar-refractivity contribution in [2.45, 2.75) is 32.2 Å². The third-order valence-electron chi connectivity index (χ3n) is 4.94. The Kier molecular flexibility index (Phi) is 4.89. The van der Waals surface area contributed by atoms with Crippen LogP contribution in [0.3, 0.4) is 0 Å². The molecule has 2 aliphatic rings. The van der Waals surface area contributed by atoms with Gasteiger partial charge in [0.15, 0.2) is 5.82 Å². The van der Waals surface area contributed by atoms with Gasteiger partial charge in [0.05, 0.1) is 6.54 Å². The molecule has 2 aromatic heterocycles. The molecule has 2 aliphatic heterocycles. The highest BCUT2D eigenvalue weighted by atomic mass is 16.5. The Morgan fingerprint density at radius 1 is 1.12 bits per heavy atom. The lowest BCUT2D eigenvalue weighted by Crippen LogP contribution is -2.46. The van der Waals surface area contributed by atoms with Crippen molar-refractivity contribution in [2.24, 2.45) is 0 Å². The van der Waals surface area contributed by atoms with Gasteiger partial charge in [-0.25, -0.2) is 9.97 Å². The first-order valence-corrected chi connectivity index (χ1v) is 8.94. The van der Waals surface area contributed by atoms with E-state index in [0.717, 1.165) is 76.1 Å². The molecule has 0 N–H and O–H groups in total. The molecule has 0 radical (unpaired) electrons. The standard InChI is InChI=1S/C17H24N6O2/c1-13-20-16(21-25-13)11-22-4-6-23(7-5-22)17-10-15(18-12-19-17)14-2-8-24-9-3-14/h10,12,14H,2-9,11H2,1H3. The molecule has 0 atom stereocenters. The van der Waals surface area contributed by atoms with Crippen LogP contribution in [0.5, 0.6) is 0 Å². The van der Waals surface area contributed by atoms with Gasteiger partial charge >= 0.3 is 0 Å². The molecule has 2 saturated heterocycles. The van der Waals surface area contributed by atoms with Gasteiger partial charge < -0.3 is 14.2 Å². The Bertz CT molecular complexity index is 692. The van der Waals surface area contributed by atoms with E-state index >= 15 is 0 Å². The largest absolute Gasteiger partial charge is 0.381 e. The van der Waals surface area contributed by atoms with Crippen molar-refractivity contribution >= 4 is 5.82 Å². The Morgan fingerprint density at radius 3 is 2.64 bits per heavy atom. The third-order valence-corrected chi connectivity index (χ3v) is 4.94. The average molecular weight is 344 g/mol. The Balaban J connectivity index is 1.35. The first kappa shape index (κ1) is 16.4. The summed E-state index contributed by atoms with van der Waals surface area (Å²) < 4.78 is 10.5. The smallest absolute Gasteiger partial charge is 0.223 e. The van der Waals surface area contributed by atoms with E-state index in [4.69, 9.17) is 9.26 Å². The molecule has 0 saturated carbocycles. The minimum absolute atomic E-state index is 0.498. The van der Waals surface area contributed by atoms with E-state index < -0.39 is 0 Å². The molecule has 0 bridgehead atoms. The Hall–Kier alpha value is -2.06. The van der Waals surface area contributed by atoms with Crippen LogP contribution in [0.2, 0.25) is 0 Å². The van der Waals surface area contributed by atoms with Crippen molar-refractivity contribution in [2.75, 3.05) is 44.3 Å². The molecule has 134 valence electrons. The summed E-state index contributed by atoms with van der Waals surface area (Å²) in [5, 5.41) is 3.98. The minimum atomic E-state index is 0.498. The molecular formula is C17H24N6O2. The summed E-state index contributed by atoms with van der Waals surface area (Å²) in [7, 11) is 0. The van der Waals surface area contributed by atoms with E-state index in [0.29, 0.717) is 11.8 Å². The summed E-state index contributed by atoms with van der Waals surface area (Å²) in [6.07, 6.45) is 3.80. The topological polar surface area (TPSA) is 80.4 Å². The summed E-state index contributed by atoms with van der Waals surface area (Å²) >= 11 is 0. The number of ether oxygens (including phenoxy) is 1. The molecule has 4 rings (SSSR count). The summed E-state index contributed by atoms with van der Waals surface area (Å²) in [5.41, 5.74) is 1.15. The zero-order valence-electron chi connectivity index (χ0n) is 14.6. The quantitative estimate of drug-likeness (QED) is 0.823. The fraction of sp³-hybridized carbons (Fsp3) is 0.647. The second-order valence-electron chi connectivity index (χ2n) is 6.68. The van der Waals surface area contributed by atoms with Gasteiger partial charge in [-0.2, -0.15) is 4.98 Å². The summed E-state index contributed by atoms with van der Waals surface area (Å²) in [6, 6.07) is 2.16. The summed E-state index contributed by atoms with van der Waals surface area (Å²) in [5.74, 6) is 2.91.